The van der Waals surface area contributed by atoms with Gasteiger partial charge in [0.2, 0.25) is 0 Å². The minimum atomic E-state index is -0.270. The van der Waals surface area contributed by atoms with Crippen LogP contribution in [0, 0.1) is 22.7 Å². The van der Waals surface area contributed by atoms with Crippen LogP contribution in [0.4, 0.5) is 0 Å². The van der Waals surface area contributed by atoms with Crippen molar-refractivity contribution in [1.82, 2.24) is 0 Å². The maximum Gasteiger partial charge on any atom is 0.302 e. The van der Waals surface area contributed by atoms with Gasteiger partial charge in [-0.3, -0.25) is 9.59 Å². The van der Waals surface area contributed by atoms with Gasteiger partial charge in [0.15, 0.2) is 5.78 Å². The molecule has 3 heteroatoms. The summed E-state index contributed by atoms with van der Waals surface area (Å²) in [7, 11) is 0. The van der Waals surface area contributed by atoms with E-state index in [9.17, 15) is 9.59 Å². The molecule has 0 aliphatic heterocycles. The van der Waals surface area contributed by atoms with Crippen LogP contribution in [0.2, 0.25) is 0 Å². The molecule has 0 N–H and O–H groups in total. The largest absolute Gasteiger partial charge is 0.465 e. The Morgan fingerprint density at radius 1 is 1.28 bits per heavy atom. The van der Waals surface area contributed by atoms with Gasteiger partial charge < -0.3 is 4.74 Å². The van der Waals surface area contributed by atoms with Gasteiger partial charge in [-0.15, -0.1) is 0 Å². The van der Waals surface area contributed by atoms with E-state index in [2.05, 4.69) is 27.7 Å². The summed E-state index contributed by atoms with van der Waals surface area (Å²) in [4.78, 5) is 23.7. The number of fused-ring (bicyclic) bond motifs is 2. The molecule has 1 saturated carbocycles. The second-order valence-corrected chi connectivity index (χ2v) is 9.19. The maximum atomic E-state index is 12.4. The van der Waals surface area contributed by atoms with Crippen molar-refractivity contribution in [1.29, 1.82) is 0 Å². The van der Waals surface area contributed by atoms with Crippen LogP contribution >= 0.6 is 0 Å². The molecule has 25 heavy (non-hydrogen) atoms. The van der Waals surface area contributed by atoms with Crippen LogP contribution in [0.5, 0.6) is 0 Å². The van der Waals surface area contributed by atoms with Crippen LogP contribution in [0.25, 0.3) is 0 Å². The Balaban J connectivity index is 1.94. The highest BCUT2D eigenvalue weighted by atomic mass is 16.5. The normalized spacial score (nSPS) is 34.1. The zero-order valence-corrected chi connectivity index (χ0v) is 16.4. The number of carbonyl (C=O) groups excluding carboxylic acids is 2. The molecule has 3 atom stereocenters. The standard InChI is InChI=1S/C22H32O3/c1-6-19-17-8-7-15-11-20(24)21(3,4)12-18(15)16(17)9-10-22(19,5)13-25-14(2)23/h11,17,19H,6-10,12-13H2,1-5H3/t17-,19+,22-/m1/s1. The second-order valence-electron chi connectivity index (χ2n) is 9.19. The van der Waals surface area contributed by atoms with E-state index in [0.29, 0.717) is 18.4 Å². The van der Waals surface area contributed by atoms with E-state index < -0.39 is 0 Å². The number of ketones is 1. The Labute approximate surface area is 151 Å². The Morgan fingerprint density at radius 2 is 2.00 bits per heavy atom. The molecule has 0 aromatic heterocycles. The first-order chi connectivity index (χ1) is 11.7. The van der Waals surface area contributed by atoms with Crippen molar-refractivity contribution in [2.45, 2.75) is 73.1 Å². The third kappa shape index (κ3) is 3.22. The van der Waals surface area contributed by atoms with Gasteiger partial charge >= 0.3 is 5.97 Å². The van der Waals surface area contributed by atoms with Gasteiger partial charge in [0.1, 0.15) is 0 Å². The molecule has 1 fully saturated rings. The van der Waals surface area contributed by atoms with Gasteiger partial charge in [-0.1, -0.05) is 39.7 Å². The zero-order chi connectivity index (χ0) is 18.4. The summed E-state index contributed by atoms with van der Waals surface area (Å²) < 4.78 is 5.44. The number of carbonyl (C=O) groups is 2. The van der Waals surface area contributed by atoms with Crippen molar-refractivity contribution in [3.8, 4) is 0 Å². The van der Waals surface area contributed by atoms with Crippen molar-refractivity contribution in [3.63, 3.8) is 0 Å². The first-order valence-corrected chi connectivity index (χ1v) is 9.78. The predicted molar refractivity (Wildman–Crippen MR) is 99.0 cm³/mol. The van der Waals surface area contributed by atoms with Gasteiger partial charge in [-0.05, 0) is 61.2 Å². The first-order valence-electron chi connectivity index (χ1n) is 9.78. The van der Waals surface area contributed by atoms with Crippen molar-refractivity contribution in [3.05, 3.63) is 22.8 Å². The van der Waals surface area contributed by atoms with Crippen LogP contribution in [-0.4, -0.2) is 18.4 Å². The lowest BCUT2D eigenvalue weighted by molar-refractivity contribution is -0.147. The number of hydrogen-bond acceptors (Lipinski definition) is 3. The van der Waals surface area contributed by atoms with E-state index in [1.165, 1.54) is 18.1 Å². The third-order valence-corrected chi connectivity index (χ3v) is 6.93. The Morgan fingerprint density at radius 3 is 2.64 bits per heavy atom. The van der Waals surface area contributed by atoms with Crippen LogP contribution < -0.4 is 0 Å². The Bertz CT molecular complexity index is 652. The molecule has 0 unspecified atom stereocenters. The van der Waals surface area contributed by atoms with Gasteiger partial charge in [-0.2, -0.15) is 0 Å². The molecule has 138 valence electrons. The number of allylic oxidation sites excluding steroid dienone is 4. The molecule has 3 nitrogen and oxygen atoms in total. The quantitative estimate of drug-likeness (QED) is 0.676. The van der Waals surface area contributed by atoms with E-state index in [0.717, 1.165) is 38.5 Å². The average Bonchev–Trinajstić information content (AvgIpc) is 2.54. The highest BCUT2D eigenvalue weighted by Gasteiger charge is 2.47. The van der Waals surface area contributed by atoms with Crippen LogP contribution in [0.3, 0.4) is 0 Å². The minimum absolute atomic E-state index is 0.0658. The van der Waals surface area contributed by atoms with Gasteiger partial charge in [0, 0.05) is 17.8 Å². The van der Waals surface area contributed by atoms with Gasteiger partial charge in [0.05, 0.1) is 6.61 Å². The summed E-state index contributed by atoms with van der Waals surface area (Å²) in [6.45, 7) is 10.7. The highest BCUT2D eigenvalue weighted by molar-refractivity contribution is 5.97. The zero-order valence-electron chi connectivity index (χ0n) is 16.4. The molecule has 0 bridgehead atoms. The summed E-state index contributed by atoms with van der Waals surface area (Å²) in [5.41, 5.74) is 4.18. The van der Waals surface area contributed by atoms with Crippen molar-refractivity contribution < 1.29 is 14.3 Å². The van der Waals surface area contributed by atoms with E-state index in [-0.39, 0.29) is 22.6 Å². The van der Waals surface area contributed by atoms with E-state index in [1.54, 1.807) is 5.57 Å². The summed E-state index contributed by atoms with van der Waals surface area (Å²) >= 11 is 0. The first kappa shape index (κ1) is 18.4. The van der Waals surface area contributed by atoms with Crippen molar-refractivity contribution in [2.75, 3.05) is 6.61 Å². The molecule has 0 spiro atoms. The number of hydrogen-bond donors (Lipinski definition) is 0. The SMILES string of the molecule is CC[C@H]1[C@@H]2CCC3=CC(=O)C(C)(C)CC3=C2CC[C@]1(C)COC(C)=O. The van der Waals surface area contributed by atoms with Gasteiger partial charge in [0.25, 0.3) is 0 Å². The minimum Gasteiger partial charge on any atom is -0.465 e. The summed E-state index contributed by atoms with van der Waals surface area (Å²) in [6.07, 6.45) is 8.22. The molecular formula is C22H32O3. The fraction of sp³-hybridized carbons (Fsp3) is 0.727. The predicted octanol–water partition coefficient (Wildman–Crippen LogP) is 5.01. The van der Waals surface area contributed by atoms with E-state index >= 15 is 0 Å². The highest BCUT2D eigenvalue weighted by Crippen LogP contribution is 2.56. The summed E-state index contributed by atoms with van der Waals surface area (Å²) in [5, 5.41) is 0. The molecular weight excluding hydrogens is 312 g/mol. The summed E-state index contributed by atoms with van der Waals surface area (Å²) in [5.74, 6) is 1.23. The summed E-state index contributed by atoms with van der Waals surface area (Å²) in [6, 6.07) is 0. The van der Waals surface area contributed by atoms with Crippen LogP contribution in [-0.2, 0) is 14.3 Å². The molecule has 0 aromatic rings. The lowest BCUT2D eigenvalue weighted by atomic mass is 9.55. The monoisotopic (exact) mass is 344 g/mol. The third-order valence-electron chi connectivity index (χ3n) is 6.93. The molecule has 0 radical (unpaired) electrons. The number of rotatable bonds is 3. The smallest absolute Gasteiger partial charge is 0.302 e. The number of ether oxygens (including phenoxy) is 1. The Hall–Kier alpha value is -1.38. The van der Waals surface area contributed by atoms with Gasteiger partial charge in [-0.25, -0.2) is 0 Å². The molecule has 3 aliphatic rings. The topological polar surface area (TPSA) is 43.4 Å². The Kier molecular flexibility index (Phi) is 4.72. The lowest BCUT2D eigenvalue weighted by Gasteiger charge is -2.50. The molecule has 3 aliphatic carbocycles. The molecule has 0 heterocycles. The molecule has 0 saturated heterocycles. The van der Waals surface area contributed by atoms with E-state index in [4.69, 9.17) is 4.74 Å². The fourth-order valence-electron chi connectivity index (χ4n) is 5.43. The molecule has 3 rings (SSSR count). The molecule has 0 amide bonds. The van der Waals surface area contributed by atoms with Crippen LogP contribution in [0.1, 0.15) is 73.1 Å². The van der Waals surface area contributed by atoms with Crippen molar-refractivity contribution >= 4 is 11.8 Å². The van der Waals surface area contributed by atoms with E-state index in [1.807, 2.05) is 6.08 Å². The lowest BCUT2D eigenvalue weighted by Crippen LogP contribution is -2.43. The molecule has 0 aromatic carbocycles. The number of esters is 1. The van der Waals surface area contributed by atoms with Crippen LogP contribution in [0.15, 0.2) is 22.8 Å². The second kappa shape index (κ2) is 6.41. The van der Waals surface area contributed by atoms with Crippen molar-refractivity contribution in [2.24, 2.45) is 22.7 Å². The average molecular weight is 344 g/mol. The fourth-order valence-corrected chi connectivity index (χ4v) is 5.43. The maximum absolute atomic E-state index is 12.4.